The van der Waals surface area contributed by atoms with E-state index >= 15 is 0 Å². The molecule has 1 aromatic rings. The summed E-state index contributed by atoms with van der Waals surface area (Å²) in [6.45, 7) is 0. The molecule has 0 heterocycles. The van der Waals surface area contributed by atoms with Crippen LogP contribution in [0.25, 0.3) is 0 Å². The molecule has 0 aliphatic carbocycles. The van der Waals surface area contributed by atoms with Gasteiger partial charge in [0.1, 0.15) is 11.5 Å². The monoisotopic (exact) mass is 187 g/mol. The fourth-order valence-electron chi connectivity index (χ4n) is 0.454. The summed E-state index contributed by atoms with van der Waals surface area (Å²) in [5.74, 6) is -0.134. The molecule has 1 aromatic carbocycles. The number of aromatic hydroxyl groups is 2. The van der Waals surface area contributed by atoms with Crippen molar-refractivity contribution in [3.05, 3.63) is 22.7 Å². The van der Waals surface area contributed by atoms with Crippen LogP contribution in [-0.2, 0) is 0 Å². The zero-order valence-electron chi connectivity index (χ0n) is 4.43. The molecule has 0 bridgehead atoms. The van der Waals surface area contributed by atoms with E-state index in [1.54, 1.807) is 6.07 Å². The zero-order chi connectivity index (χ0) is 6.85. The largest absolute Gasteiger partial charge is 0.507 e. The van der Waals surface area contributed by atoms with Gasteiger partial charge in [0.15, 0.2) is 0 Å². The maximum Gasteiger partial charge on any atom is 0.141 e. The van der Waals surface area contributed by atoms with E-state index in [0.29, 0.717) is 4.47 Å². The van der Waals surface area contributed by atoms with Gasteiger partial charge in [-0.25, -0.2) is 0 Å². The van der Waals surface area contributed by atoms with Crippen LogP contribution in [0.15, 0.2) is 16.6 Å². The maximum absolute atomic E-state index is 8.84. The molecular weight excluding hydrogens is 184 g/mol. The van der Waals surface area contributed by atoms with Gasteiger partial charge in [0, 0.05) is 0 Å². The van der Waals surface area contributed by atoms with Crippen LogP contribution in [0.1, 0.15) is 0 Å². The highest BCUT2D eigenvalue weighted by atomic mass is 79.9. The maximum atomic E-state index is 8.84. The van der Waals surface area contributed by atoms with Gasteiger partial charge >= 0.3 is 0 Å². The van der Waals surface area contributed by atoms with E-state index in [1.807, 2.05) is 0 Å². The molecular formula is C6H4BrO2. The first kappa shape index (κ1) is 6.42. The van der Waals surface area contributed by atoms with Crippen molar-refractivity contribution in [3.8, 4) is 11.5 Å². The van der Waals surface area contributed by atoms with Gasteiger partial charge in [-0.2, -0.15) is 0 Å². The van der Waals surface area contributed by atoms with Gasteiger partial charge in [-0.05, 0) is 28.1 Å². The van der Waals surface area contributed by atoms with Crippen LogP contribution < -0.4 is 0 Å². The Hall–Kier alpha value is -0.700. The number of rotatable bonds is 0. The lowest BCUT2D eigenvalue weighted by Crippen LogP contribution is -1.67. The summed E-state index contributed by atoms with van der Waals surface area (Å²) >= 11 is 3.04. The molecule has 47 valence electrons. The fraction of sp³-hybridized carbons (Fsp3) is 0. The molecule has 0 unspecified atom stereocenters. The topological polar surface area (TPSA) is 40.5 Å². The summed E-state index contributed by atoms with van der Waals surface area (Å²) in [5, 5.41) is 17.5. The molecule has 0 aliphatic rings. The standard InChI is InChI=1S/C6H4BrO2/c7-5-2-1-4(8)3-6(5)9/h1-2,8-9H. The minimum Gasteiger partial charge on any atom is -0.507 e. The average molecular weight is 188 g/mol. The first-order valence-corrected chi connectivity index (χ1v) is 3.09. The SMILES string of the molecule is Oc1[c]c(O)c(Br)cc1. The van der Waals surface area contributed by atoms with Gasteiger partial charge in [-0.15, -0.1) is 0 Å². The highest BCUT2D eigenvalue weighted by molar-refractivity contribution is 9.10. The Morgan fingerprint density at radius 2 is 2.00 bits per heavy atom. The van der Waals surface area contributed by atoms with E-state index in [4.69, 9.17) is 10.2 Å². The second kappa shape index (κ2) is 2.27. The molecule has 0 fully saturated rings. The highest BCUT2D eigenvalue weighted by Crippen LogP contribution is 2.25. The molecule has 2 nitrogen and oxygen atoms in total. The van der Waals surface area contributed by atoms with Crippen LogP contribution in [0.5, 0.6) is 11.5 Å². The minimum atomic E-state index is -0.0741. The first-order chi connectivity index (χ1) is 4.20. The van der Waals surface area contributed by atoms with Gasteiger partial charge in [0.25, 0.3) is 0 Å². The number of hydrogen-bond donors (Lipinski definition) is 2. The molecule has 3 heteroatoms. The van der Waals surface area contributed by atoms with Crippen LogP contribution in [0, 0.1) is 6.07 Å². The van der Waals surface area contributed by atoms with Crippen molar-refractivity contribution < 1.29 is 10.2 Å². The Labute approximate surface area is 60.9 Å². The van der Waals surface area contributed by atoms with E-state index in [2.05, 4.69) is 22.0 Å². The molecule has 0 saturated carbocycles. The number of halogens is 1. The smallest absolute Gasteiger partial charge is 0.141 e. The quantitative estimate of drug-likeness (QED) is 0.649. The van der Waals surface area contributed by atoms with Crippen molar-refractivity contribution in [2.75, 3.05) is 0 Å². The third-order valence-electron chi connectivity index (χ3n) is 0.860. The van der Waals surface area contributed by atoms with E-state index in [9.17, 15) is 0 Å². The van der Waals surface area contributed by atoms with E-state index in [0.717, 1.165) is 0 Å². The zero-order valence-corrected chi connectivity index (χ0v) is 6.01. The minimum absolute atomic E-state index is 0.0595. The molecule has 0 atom stereocenters. The molecule has 1 rings (SSSR count). The molecule has 0 spiro atoms. The van der Waals surface area contributed by atoms with Crippen molar-refractivity contribution in [2.45, 2.75) is 0 Å². The van der Waals surface area contributed by atoms with Gasteiger partial charge in [-0.3, -0.25) is 0 Å². The molecule has 0 saturated heterocycles. The van der Waals surface area contributed by atoms with Crippen molar-refractivity contribution in [2.24, 2.45) is 0 Å². The third-order valence-corrected chi connectivity index (χ3v) is 1.50. The summed E-state index contributed by atoms with van der Waals surface area (Å²) in [6, 6.07) is 5.28. The second-order valence-electron chi connectivity index (χ2n) is 1.54. The fourth-order valence-corrected chi connectivity index (χ4v) is 0.685. The molecule has 0 aliphatic heterocycles. The molecule has 9 heavy (non-hydrogen) atoms. The van der Waals surface area contributed by atoms with Gasteiger partial charge in [0.05, 0.1) is 10.5 Å². The van der Waals surface area contributed by atoms with Crippen LogP contribution in [0.4, 0.5) is 0 Å². The Bertz CT molecular complexity index is 222. The van der Waals surface area contributed by atoms with Crippen LogP contribution in [-0.4, -0.2) is 10.2 Å². The van der Waals surface area contributed by atoms with Gasteiger partial charge in [0.2, 0.25) is 0 Å². The van der Waals surface area contributed by atoms with E-state index < -0.39 is 0 Å². The molecule has 0 amide bonds. The second-order valence-corrected chi connectivity index (χ2v) is 2.39. The molecule has 2 N–H and O–H groups in total. The summed E-state index contributed by atoms with van der Waals surface area (Å²) in [6.07, 6.45) is 0. The lowest BCUT2D eigenvalue weighted by molar-refractivity contribution is 0.446. The van der Waals surface area contributed by atoms with Crippen molar-refractivity contribution in [1.29, 1.82) is 0 Å². The summed E-state index contributed by atoms with van der Waals surface area (Å²) < 4.78 is 0.528. The molecule has 0 aromatic heterocycles. The Kier molecular flexibility index (Phi) is 1.62. The van der Waals surface area contributed by atoms with Crippen molar-refractivity contribution >= 4 is 15.9 Å². The lowest BCUT2D eigenvalue weighted by atomic mass is 10.3. The van der Waals surface area contributed by atoms with E-state index in [-0.39, 0.29) is 11.5 Å². The van der Waals surface area contributed by atoms with E-state index in [1.165, 1.54) is 6.07 Å². The Morgan fingerprint density at radius 3 is 2.44 bits per heavy atom. The summed E-state index contributed by atoms with van der Waals surface area (Å²) in [7, 11) is 0. The summed E-state index contributed by atoms with van der Waals surface area (Å²) in [5.41, 5.74) is 0. The highest BCUT2D eigenvalue weighted by Gasteiger charge is 1.96. The Balaban J connectivity index is 3.17. The van der Waals surface area contributed by atoms with Crippen molar-refractivity contribution in [3.63, 3.8) is 0 Å². The molecule has 1 radical (unpaired) electrons. The number of phenols is 2. The number of benzene rings is 1. The lowest BCUT2D eigenvalue weighted by Gasteiger charge is -1.93. The summed E-state index contributed by atoms with van der Waals surface area (Å²) in [4.78, 5) is 0. The van der Waals surface area contributed by atoms with Gasteiger partial charge in [-0.1, -0.05) is 0 Å². The van der Waals surface area contributed by atoms with Crippen LogP contribution in [0.2, 0.25) is 0 Å². The van der Waals surface area contributed by atoms with Crippen LogP contribution in [0.3, 0.4) is 0 Å². The first-order valence-electron chi connectivity index (χ1n) is 2.30. The number of hydrogen-bond acceptors (Lipinski definition) is 2. The van der Waals surface area contributed by atoms with Gasteiger partial charge < -0.3 is 10.2 Å². The van der Waals surface area contributed by atoms with Crippen LogP contribution >= 0.6 is 15.9 Å². The average Bonchev–Trinajstić information content (AvgIpc) is 1.80. The normalized spacial score (nSPS) is 9.44. The third kappa shape index (κ3) is 1.36. The predicted octanol–water partition coefficient (Wildman–Crippen LogP) is 1.66. The number of phenolic OH excluding ortho intramolecular Hbond substituents is 2. The predicted molar refractivity (Wildman–Crippen MR) is 36.3 cm³/mol. The van der Waals surface area contributed by atoms with Crippen molar-refractivity contribution in [1.82, 2.24) is 0 Å². The Morgan fingerprint density at radius 1 is 1.33 bits per heavy atom.